The van der Waals surface area contributed by atoms with Gasteiger partial charge in [-0.25, -0.2) is 4.98 Å². The van der Waals surface area contributed by atoms with Crippen molar-refractivity contribution in [3.63, 3.8) is 0 Å². The Bertz CT molecular complexity index is 671. The van der Waals surface area contributed by atoms with Crippen LogP contribution in [0.4, 0.5) is 0 Å². The molecule has 2 heterocycles. The van der Waals surface area contributed by atoms with E-state index in [2.05, 4.69) is 24.0 Å². The van der Waals surface area contributed by atoms with Crippen molar-refractivity contribution in [1.82, 2.24) is 9.88 Å². The molecule has 0 radical (unpaired) electrons. The monoisotopic (exact) mass is 330 g/mol. The summed E-state index contributed by atoms with van der Waals surface area (Å²) in [6, 6.07) is 10.2. The van der Waals surface area contributed by atoms with E-state index in [1.165, 1.54) is 0 Å². The summed E-state index contributed by atoms with van der Waals surface area (Å²) in [5.41, 5.74) is 1.98. The van der Waals surface area contributed by atoms with Crippen LogP contribution in [0.5, 0.6) is 0 Å². The fourth-order valence-electron chi connectivity index (χ4n) is 3.24. The van der Waals surface area contributed by atoms with E-state index in [1.807, 2.05) is 42.3 Å². The van der Waals surface area contributed by atoms with E-state index in [9.17, 15) is 4.79 Å². The summed E-state index contributed by atoms with van der Waals surface area (Å²) in [4.78, 5) is 19.2. The SMILES string of the molecule is Cc1nc(CC(=O)N2[C@H](C)CO[C@H](c3ccccc3)[C@@H]2C)cs1. The molecule has 3 atom stereocenters. The maximum Gasteiger partial charge on any atom is 0.229 e. The third-order valence-corrected chi connectivity index (χ3v) is 5.11. The first kappa shape index (κ1) is 16.1. The third-order valence-electron chi connectivity index (χ3n) is 4.28. The van der Waals surface area contributed by atoms with Gasteiger partial charge in [-0.3, -0.25) is 4.79 Å². The van der Waals surface area contributed by atoms with E-state index in [1.54, 1.807) is 11.3 Å². The van der Waals surface area contributed by atoms with Gasteiger partial charge >= 0.3 is 0 Å². The molecule has 1 aliphatic rings. The highest BCUT2D eigenvalue weighted by molar-refractivity contribution is 7.09. The zero-order valence-electron chi connectivity index (χ0n) is 13.7. The molecule has 1 saturated heterocycles. The molecule has 5 heteroatoms. The molecule has 3 rings (SSSR count). The Morgan fingerprint density at radius 3 is 2.74 bits per heavy atom. The topological polar surface area (TPSA) is 42.4 Å². The molecule has 0 aliphatic carbocycles. The Balaban J connectivity index is 1.77. The summed E-state index contributed by atoms with van der Waals surface area (Å²) >= 11 is 1.59. The lowest BCUT2D eigenvalue weighted by Gasteiger charge is -2.43. The number of carbonyl (C=O) groups is 1. The number of rotatable bonds is 3. The van der Waals surface area contributed by atoms with Crippen LogP contribution in [0.15, 0.2) is 35.7 Å². The number of morpholine rings is 1. The molecule has 4 nitrogen and oxygen atoms in total. The van der Waals surface area contributed by atoms with Crippen molar-refractivity contribution in [2.45, 2.75) is 45.4 Å². The van der Waals surface area contributed by atoms with Crippen molar-refractivity contribution in [3.8, 4) is 0 Å². The summed E-state index contributed by atoms with van der Waals surface area (Å²) < 4.78 is 6.02. The summed E-state index contributed by atoms with van der Waals surface area (Å²) in [7, 11) is 0. The van der Waals surface area contributed by atoms with Gasteiger partial charge in [-0.05, 0) is 26.3 Å². The number of nitrogens with zero attached hydrogens (tertiary/aromatic N) is 2. The number of benzene rings is 1. The first-order valence-corrected chi connectivity index (χ1v) is 8.83. The minimum Gasteiger partial charge on any atom is -0.369 e. The number of ether oxygens (including phenoxy) is 1. The predicted octanol–water partition coefficient (Wildman–Crippen LogP) is 3.37. The van der Waals surface area contributed by atoms with E-state index < -0.39 is 0 Å². The maximum atomic E-state index is 12.8. The minimum atomic E-state index is -0.0754. The van der Waals surface area contributed by atoms with Gasteiger partial charge < -0.3 is 9.64 Å². The molecule has 2 aromatic rings. The molecule has 122 valence electrons. The van der Waals surface area contributed by atoms with Crippen LogP contribution in [0.2, 0.25) is 0 Å². The van der Waals surface area contributed by atoms with Crippen molar-refractivity contribution in [1.29, 1.82) is 0 Å². The van der Waals surface area contributed by atoms with Gasteiger partial charge in [0, 0.05) is 5.38 Å². The summed E-state index contributed by atoms with van der Waals surface area (Å²) in [5, 5.41) is 2.97. The molecule has 1 aromatic carbocycles. The lowest BCUT2D eigenvalue weighted by atomic mass is 9.98. The van der Waals surface area contributed by atoms with Gasteiger partial charge in [0.25, 0.3) is 0 Å². The van der Waals surface area contributed by atoms with E-state index in [4.69, 9.17) is 4.74 Å². The van der Waals surface area contributed by atoms with Gasteiger partial charge in [0.2, 0.25) is 5.91 Å². The average molecular weight is 330 g/mol. The molecule has 0 bridgehead atoms. The molecular weight excluding hydrogens is 308 g/mol. The fourth-order valence-corrected chi connectivity index (χ4v) is 3.85. The molecule has 1 fully saturated rings. The zero-order chi connectivity index (χ0) is 16.4. The maximum absolute atomic E-state index is 12.8. The van der Waals surface area contributed by atoms with Crippen molar-refractivity contribution >= 4 is 17.2 Å². The number of hydrogen-bond acceptors (Lipinski definition) is 4. The fraction of sp³-hybridized carbons (Fsp3) is 0.444. The Morgan fingerprint density at radius 1 is 1.35 bits per heavy atom. The molecule has 0 unspecified atom stereocenters. The second kappa shape index (κ2) is 6.81. The van der Waals surface area contributed by atoms with E-state index in [-0.39, 0.29) is 24.1 Å². The van der Waals surface area contributed by atoms with Gasteiger partial charge in [0.05, 0.1) is 35.8 Å². The molecule has 0 N–H and O–H groups in total. The van der Waals surface area contributed by atoms with E-state index >= 15 is 0 Å². The summed E-state index contributed by atoms with van der Waals surface area (Å²) in [6.07, 6.45) is 0.286. The van der Waals surface area contributed by atoms with Crippen molar-refractivity contribution in [2.24, 2.45) is 0 Å². The second-order valence-electron chi connectivity index (χ2n) is 6.09. The number of carbonyl (C=O) groups excluding carboxylic acids is 1. The Labute approximate surface area is 141 Å². The van der Waals surface area contributed by atoms with Crippen LogP contribution >= 0.6 is 11.3 Å². The standard InChI is InChI=1S/C18H22N2O2S/c1-12-10-22-18(15-7-5-4-6-8-15)13(2)20(12)17(21)9-16-11-23-14(3)19-16/h4-8,11-13,18H,9-10H2,1-3H3/t12-,13+,18+/m1/s1. The van der Waals surface area contributed by atoms with E-state index in [0.717, 1.165) is 16.3 Å². The lowest BCUT2D eigenvalue weighted by Crippen LogP contribution is -2.54. The molecule has 23 heavy (non-hydrogen) atoms. The van der Waals surface area contributed by atoms with Crippen LogP contribution in [-0.4, -0.2) is 34.5 Å². The minimum absolute atomic E-state index is 0.00776. The van der Waals surface area contributed by atoms with Crippen LogP contribution in [0.1, 0.15) is 36.2 Å². The lowest BCUT2D eigenvalue weighted by molar-refractivity contribution is -0.152. The van der Waals surface area contributed by atoms with Crippen molar-refractivity contribution < 1.29 is 9.53 Å². The van der Waals surface area contributed by atoms with Crippen LogP contribution in [-0.2, 0) is 16.0 Å². The smallest absolute Gasteiger partial charge is 0.229 e. The zero-order valence-corrected chi connectivity index (χ0v) is 14.5. The summed E-state index contributed by atoms with van der Waals surface area (Å²) in [6.45, 7) is 6.63. The highest BCUT2D eigenvalue weighted by Gasteiger charge is 2.37. The van der Waals surface area contributed by atoms with Crippen LogP contribution < -0.4 is 0 Å². The number of amides is 1. The molecular formula is C18H22N2O2S. The second-order valence-corrected chi connectivity index (χ2v) is 7.15. The first-order valence-electron chi connectivity index (χ1n) is 7.95. The van der Waals surface area contributed by atoms with Crippen LogP contribution in [0.3, 0.4) is 0 Å². The number of aromatic nitrogens is 1. The first-order chi connectivity index (χ1) is 11.1. The van der Waals surface area contributed by atoms with Crippen molar-refractivity contribution in [3.05, 3.63) is 52.0 Å². The Morgan fingerprint density at radius 2 is 2.09 bits per heavy atom. The normalized spacial score (nSPS) is 24.7. The molecule has 1 amide bonds. The number of aryl methyl sites for hydroxylation is 1. The van der Waals surface area contributed by atoms with Gasteiger partial charge in [0.1, 0.15) is 6.10 Å². The van der Waals surface area contributed by atoms with Gasteiger partial charge in [-0.2, -0.15) is 0 Å². The third kappa shape index (κ3) is 3.46. The molecule has 0 spiro atoms. The molecule has 1 aromatic heterocycles. The van der Waals surface area contributed by atoms with Gasteiger partial charge in [-0.1, -0.05) is 30.3 Å². The highest BCUT2D eigenvalue weighted by atomic mass is 32.1. The summed E-state index contributed by atoms with van der Waals surface area (Å²) in [5.74, 6) is 0.125. The van der Waals surface area contributed by atoms with Gasteiger partial charge in [-0.15, -0.1) is 11.3 Å². The largest absolute Gasteiger partial charge is 0.369 e. The molecule has 0 saturated carbocycles. The van der Waals surface area contributed by atoms with Crippen molar-refractivity contribution in [2.75, 3.05) is 6.61 Å². The average Bonchev–Trinajstić information content (AvgIpc) is 2.93. The Kier molecular flexibility index (Phi) is 4.78. The Hall–Kier alpha value is -1.72. The predicted molar refractivity (Wildman–Crippen MR) is 91.5 cm³/mol. The quantitative estimate of drug-likeness (QED) is 0.866. The van der Waals surface area contributed by atoms with Crippen LogP contribution in [0, 0.1) is 6.92 Å². The highest BCUT2D eigenvalue weighted by Crippen LogP contribution is 2.31. The number of thiazole rings is 1. The number of hydrogen-bond donors (Lipinski definition) is 0. The van der Waals surface area contributed by atoms with E-state index in [0.29, 0.717) is 13.0 Å². The molecule has 1 aliphatic heterocycles. The van der Waals surface area contributed by atoms with Gasteiger partial charge in [0.15, 0.2) is 0 Å². The van der Waals surface area contributed by atoms with Crippen LogP contribution in [0.25, 0.3) is 0 Å².